The summed E-state index contributed by atoms with van der Waals surface area (Å²) in [5.74, 6) is 0.353. The first-order valence-electron chi connectivity index (χ1n) is 9.99. The summed E-state index contributed by atoms with van der Waals surface area (Å²) in [6.45, 7) is 10.2. The number of fused-ring (bicyclic) bond motifs is 1. The molecule has 9 nitrogen and oxygen atoms in total. The summed E-state index contributed by atoms with van der Waals surface area (Å²) in [5, 5.41) is 4.30. The molecule has 10 heteroatoms. The Morgan fingerprint density at radius 2 is 1.66 bits per heavy atom. The average Bonchev–Trinajstić information content (AvgIpc) is 3.10. The molecule has 3 rings (SSSR count). The molecule has 0 radical (unpaired) electrons. The second-order valence-electron chi connectivity index (χ2n) is 9.11. The number of hydrogen-bond donors (Lipinski definition) is 0. The van der Waals surface area contributed by atoms with Crippen LogP contribution >= 0.6 is 11.6 Å². The zero-order valence-corrected chi connectivity index (χ0v) is 19.7. The molecule has 0 atom stereocenters. The maximum atomic E-state index is 13.0. The van der Waals surface area contributed by atoms with Crippen LogP contribution in [-0.4, -0.2) is 43.0 Å². The number of alkyl halides is 1. The van der Waals surface area contributed by atoms with Gasteiger partial charge in [-0.2, -0.15) is 10.00 Å². The minimum Gasteiger partial charge on any atom is -0.443 e. The summed E-state index contributed by atoms with van der Waals surface area (Å²) in [4.78, 5) is 35.2. The molecule has 3 heterocycles. The van der Waals surface area contributed by atoms with Gasteiger partial charge in [-0.1, -0.05) is 0 Å². The van der Waals surface area contributed by atoms with Gasteiger partial charge >= 0.3 is 12.2 Å². The highest BCUT2D eigenvalue weighted by atomic mass is 35.5. The third-order valence-corrected chi connectivity index (χ3v) is 4.35. The molecule has 0 unspecified atom stereocenters. The molecule has 3 aromatic heterocycles. The van der Waals surface area contributed by atoms with Gasteiger partial charge in [-0.15, -0.1) is 11.6 Å². The Morgan fingerprint density at radius 1 is 1.03 bits per heavy atom. The van der Waals surface area contributed by atoms with Crippen LogP contribution in [0.5, 0.6) is 0 Å². The number of amides is 2. The van der Waals surface area contributed by atoms with E-state index in [1.165, 1.54) is 6.33 Å². The largest absolute Gasteiger partial charge is 0.443 e. The van der Waals surface area contributed by atoms with Crippen molar-refractivity contribution in [2.75, 3.05) is 4.90 Å². The van der Waals surface area contributed by atoms with Crippen LogP contribution in [0.4, 0.5) is 15.4 Å². The Balaban J connectivity index is 2.13. The number of rotatable bonds is 3. The van der Waals surface area contributed by atoms with E-state index in [9.17, 15) is 9.59 Å². The number of carbonyl (C=O) groups excluding carboxylic acids is 2. The van der Waals surface area contributed by atoms with Gasteiger partial charge in [-0.05, 0) is 65.3 Å². The van der Waals surface area contributed by atoms with E-state index in [0.717, 1.165) is 16.0 Å². The molecule has 0 fully saturated rings. The van der Waals surface area contributed by atoms with Crippen LogP contribution in [0.2, 0.25) is 0 Å². The molecule has 0 spiro atoms. The van der Waals surface area contributed by atoms with E-state index >= 15 is 0 Å². The number of carbonyl (C=O) groups is 2. The van der Waals surface area contributed by atoms with Crippen molar-refractivity contribution in [1.29, 1.82) is 0 Å². The predicted octanol–water partition coefficient (Wildman–Crippen LogP) is 5.21. The molecule has 0 aromatic carbocycles. The SMILES string of the molecule is CC(C)(C)OC(=O)N(C(=O)OC(C)(C)C)c1ncnn2c(-c3cncc(CCl)c3)ccc12. The summed E-state index contributed by atoms with van der Waals surface area (Å²) >= 11 is 5.94. The normalized spacial score (nSPS) is 12.0. The first-order valence-corrected chi connectivity index (χ1v) is 10.5. The van der Waals surface area contributed by atoms with Crippen molar-refractivity contribution < 1.29 is 19.1 Å². The van der Waals surface area contributed by atoms with Crippen molar-refractivity contribution in [3.8, 4) is 11.3 Å². The Morgan fingerprint density at radius 3 is 2.22 bits per heavy atom. The summed E-state index contributed by atoms with van der Waals surface area (Å²) in [5.41, 5.74) is 1.06. The zero-order chi connectivity index (χ0) is 23.7. The Labute approximate surface area is 191 Å². The molecular weight excluding hydrogens is 434 g/mol. The van der Waals surface area contributed by atoms with Gasteiger partial charge in [0.15, 0.2) is 5.82 Å². The Hall–Kier alpha value is -3.20. The van der Waals surface area contributed by atoms with Gasteiger partial charge in [-0.25, -0.2) is 19.1 Å². The minimum absolute atomic E-state index is 0.0382. The molecule has 2 amide bonds. The smallest absolute Gasteiger partial charge is 0.425 e. The van der Waals surface area contributed by atoms with Crippen molar-refractivity contribution in [3.63, 3.8) is 0 Å². The Bertz CT molecular complexity index is 1120. The van der Waals surface area contributed by atoms with Crippen LogP contribution in [0.25, 0.3) is 16.8 Å². The number of hydrogen-bond acceptors (Lipinski definition) is 7. The number of pyridine rings is 1. The summed E-state index contributed by atoms with van der Waals surface area (Å²) < 4.78 is 12.5. The lowest BCUT2D eigenvalue weighted by Gasteiger charge is -2.28. The molecule has 0 bridgehead atoms. The molecule has 0 saturated heterocycles. The number of anilines is 1. The quantitative estimate of drug-likeness (QED) is 0.496. The molecule has 170 valence electrons. The lowest BCUT2D eigenvalue weighted by molar-refractivity contribution is 0.0429. The summed E-state index contributed by atoms with van der Waals surface area (Å²) in [7, 11) is 0. The van der Waals surface area contributed by atoms with E-state index in [4.69, 9.17) is 21.1 Å². The summed E-state index contributed by atoms with van der Waals surface area (Å²) in [6.07, 6.45) is 2.81. The zero-order valence-electron chi connectivity index (χ0n) is 18.9. The number of nitrogens with zero attached hydrogens (tertiary/aromatic N) is 5. The molecule has 0 aliphatic rings. The fourth-order valence-corrected chi connectivity index (χ4v) is 3.02. The standard InChI is InChI=1S/C22H26ClN5O4/c1-21(2,3)31-19(29)27(20(30)32-22(4,5)6)18-17-8-7-16(28(17)26-13-25-18)15-9-14(10-23)11-24-12-15/h7-9,11-13H,10H2,1-6H3. The number of ether oxygens (including phenoxy) is 2. The molecule has 0 N–H and O–H groups in total. The predicted molar refractivity (Wildman–Crippen MR) is 121 cm³/mol. The van der Waals surface area contributed by atoms with Crippen LogP contribution in [-0.2, 0) is 15.4 Å². The lowest BCUT2D eigenvalue weighted by Crippen LogP contribution is -2.44. The van der Waals surface area contributed by atoms with Crippen molar-refractivity contribution in [2.45, 2.75) is 58.6 Å². The van der Waals surface area contributed by atoms with Crippen LogP contribution in [0.3, 0.4) is 0 Å². The fourth-order valence-electron chi connectivity index (χ4n) is 2.87. The van der Waals surface area contributed by atoms with Crippen molar-refractivity contribution in [1.82, 2.24) is 19.6 Å². The van der Waals surface area contributed by atoms with E-state index in [-0.39, 0.29) is 5.82 Å². The van der Waals surface area contributed by atoms with E-state index in [0.29, 0.717) is 17.1 Å². The van der Waals surface area contributed by atoms with Gasteiger partial charge < -0.3 is 9.47 Å². The lowest BCUT2D eigenvalue weighted by atomic mass is 10.2. The topological polar surface area (TPSA) is 98.9 Å². The van der Waals surface area contributed by atoms with Crippen LogP contribution in [0.15, 0.2) is 36.9 Å². The molecule has 32 heavy (non-hydrogen) atoms. The van der Waals surface area contributed by atoms with E-state index in [2.05, 4.69) is 15.1 Å². The minimum atomic E-state index is -0.902. The van der Waals surface area contributed by atoms with E-state index in [1.54, 1.807) is 70.6 Å². The highest BCUT2D eigenvalue weighted by Crippen LogP contribution is 2.29. The third-order valence-electron chi connectivity index (χ3n) is 4.04. The molecule has 0 saturated carbocycles. The van der Waals surface area contributed by atoms with Gasteiger partial charge in [0.05, 0.1) is 5.69 Å². The van der Waals surface area contributed by atoms with Crippen molar-refractivity contribution >= 4 is 35.1 Å². The molecule has 3 aromatic rings. The molecular formula is C22H26ClN5O4. The summed E-state index contributed by atoms with van der Waals surface area (Å²) in [6, 6.07) is 5.40. The number of aromatic nitrogens is 4. The average molecular weight is 460 g/mol. The third kappa shape index (κ3) is 5.34. The molecule has 0 aliphatic heterocycles. The highest BCUT2D eigenvalue weighted by Gasteiger charge is 2.35. The van der Waals surface area contributed by atoms with Gasteiger partial charge in [0.1, 0.15) is 23.0 Å². The fraction of sp³-hybridized carbons (Fsp3) is 0.409. The first-order chi connectivity index (χ1) is 14.9. The first kappa shape index (κ1) is 23.5. The van der Waals surface area contributed by atoms with E-state index in [1.807, 2.05) is 6.07 Å². The van der Waals surface area contributed by atoms with Gasteiger partial charge in [-0.3, -0.25) is 4.98 Å². The van der Waals surface area contributed by atoms with Gasteiger partial charge in [0, 0.05) is 23.8 Å². The van der Waals surface area contributed by atoms with Crippen molar-refractivity contribution in [3.05, 3.63) is 42.5 Å². The van der Waals surface area contributed by atoms with Crippen LogP contribution < -0.4 is 4.90 Å². The maximum Gasteiger partial charge on any atom is 0.425 e. The highest BCUT2D eigenvalue weighted by molar-refractivity contribution is 6.17. The monoisotopic (exact) mass is 459 g/mol. The second kappa shape index (κ2) is 8.74. The Kier molecular flexibility index (Phi) is 6.41. The van der Waals surface area contributed by atoms with E-state index < -0.39 is 23.4 Å². The van der Waals surface area contributed by atoms with Crippen LogP contribution in [0.1, 0.15) is 47.1 Å². The second-order valence-corrected chi connectivity index (χ2v) is 9.38. The van der Waals surface area contributed by atoms with Gasteiger partial charge in [0.2, 0.25) is 0 Å². The number of halogens is 1. The van der Waals surface area contributed by atoms with Crippen LogP contribution in [0, 0.1) is 0 Å². The number of imide groups is 1. The molecule has 0 aliphatic carbocycles. The van der Waals surface area contributed by atoms with Crippen molar-refractivity contribution in [2.24, 2.45) is 0 Å². The van der Waals surface area contributed by atoms with Gasteiger partial charge in [0.25, 0.3) is 0 Å². The maximum absolute atomic E-state index is 13.0.